The van der Waals surface area contributed by atoms with E-state index in [0.717, 1.165) is 15.9 Å². The van der Waals surface area contributed by atoms with Crippen LogP contribution in [0.5, 0.6) is 0 Å². The van der Waals surface area contributed by atoms with E-state index in [1.54, 1.807) is 17.5 Å². The van der Waals surface area contributed by atoms with Crippen molar-refractivity contribution in [3.63, 3.8) is 0 Å². The molecule has 0 aliphatic rings. The van der Waals surface area contributed by atoms with Crippen LogP contribution in [0, 0.1) is 13.8 Å². The number of aromatic nitrogens is 2. The summed E-state index contributed by atoms with van der Waals surface area (Å²) in [6.45, 7) is 3.85. The molecule has 20 heavy (non-hydrogen) atoms. The number of halogens is 1. The van der Waals surface area contributed by atoms with Crippen LogP contribution >= 0.6 is 27.7 Å². The third-order valence-electron chi connectivity index (χ3n) is 2.48. The van der Waals surface area contributed by atoms with Crippen LogP contribution in [0.4, 0.5) is 0 Å². The number of benzene rings is 1. The maximum absolute atomic E-state index is 11.9. The first-order valence-electron chi connectivity index (χ1n) is 6.00. The van der Waals surface area contributed by atoms with Gasteiger partial charge in [-0.05, 0) is 55.7 Å². The lowest BCUT2D eigenvalue weighted by atomic mass is 10.1. The van der Waals surface area contributed by atoms with Crippen LogP contribution in [0.25, 0.3) is 0 Å². The number of ketones is 1. The molecule has 0 saturated carbocycles. The fraction of sp³-hybridized carbons (Fsp3) is 0.133. The third kappa shape index (κ3) is 4.28. The summed E-state index contributed by atoms with van der Waals surface area (Å²) in [6.07, 6.45) is 1.54. The van der Waals surface area contributed by atoms with Crippen LogP contribution in [0.2, 0.25) is 0 Å². The Morgan fingerprint density at radius 3 is 2.35 bits per heavy atom. The van der Waals surface area contributed by atoms with Crippen molar-refractivity contribution in [3.8, 4) is 0 Å². The van der Waals surface area contributed by atoms with Gasteiger partial charge >= 0.3 is 0 Å². The van der Waals surface area contributed by atoms with E-state index in [-0.39, 0.29) is 5.78 Å². The second-order valence-corrected chi connectivity index (χ2v) is 6.01. The first-order valence-corrected chi connectivity index (χ1v) is 7.67. The van der Waals surface area contributed by atoms with Crippen molar-refractivity contribution >= 4 is 33.5 Å². The van der Waals surface area contributed by atoms with Crippen molar-refractivity contribution in [2.75, 3.05) is 0 Å². The van der Waals surface area contributed by atoms with E-state index < -0.39 is 0 Å². The van der Waals surface area contributed by atoms with Gasteiger partial charge in [-0.25, -0.2) is 9.97 Å². The van der Waals surface area contributed by atoms with E-state index >= 15 is 0 Å². The topological polar surface area (TPSA) is 42.9 Å². The molecule has 0 aliphatic heterocycles. The van der Waals surface area contributed by atoms with Crippen LogP contribution in [-0.2, 0) is 0 Å². The van der Waals surface area contributed by atoms with Crippen molar-refractivity contribution in [2.24, 2.45) is 0 Å². The van der Waals surface area contributed by atoms with Crippen LogP contribution < -0.4 is 0 Å². The average Bonchev–Trinajstić information content (AvgIpc) is 2.38. The summed E-state index contributed by atoms with van der Waals surface area (Å²) in [5.41, 5.74) is 2.51. The molecule has 0 fully saturated rings. The predicted octanol–water partition coefficient (Wildman–Crippen LogP) is 4.34. The third-order valence-corrected chi connectivity index (χ3v) is 3.68. The van der Waals surface area contributed by atoms with Gasteiger partial charge in [0.25, 0.3) is 0 Å². The van der Waals surface area contributed by atoms with Crippen LogP contribution in [-0.4, -0.2) is 15.8 Å². The Labute approximate surface area is 130 Å². The summed E-state index contributed by atoms with van der Waals surface area (Å²) in [4.78, 5) is 20.5. The highest BCUT2D eigenvalue weighted by atomic mass is 79.9. The quantitative estimate of drug-likeness (QED) is 0.356. The number of thioether (sulfide) groups is 1. The van der Waals surface area contributed by atoms with Gasteiger partial charge in [0.05, 0.1) is 0 Å². The second-order valence-electron chi connectivity index (χ2n) is 4.23. The molecule has 0 unspecified atom stereocenters. The fourth-order valence-corrected chi connectivity index (χ4v) is 2.58. The lowest BCUT2D eigenvalue weighted by Crippen LogP contribution is -1.93. The number of carbonyl (C=O) groups excluding carboxylic acids is 1. The minimum absolute atomic E-state index is 0.0330. The van der Waals surface area contributed by atoms with Gasteiger partial charge in [0.1, 0.15) is 0 Å². The summed E-state index contributed by atoms with van der Waals surface area (Å²) < 4.78 is 0.955. The highest BCUT2D eigenvalue weighted by molar-refractivity contribution is 9.10. The largest absolute Gasteiger partial charge is 0.289 e. The number of hydrogen-bond donors (Lipinski definition) is 0. The maximum Gasteiger partial charge on any atom is 0.192 e. The van der Waals surface area contributed by atoms with E-state index in [2.05, 4.69) is 25.9 Å². The number of hydrogen-bond acceptors (Lipinski definition) is 4. The number of allylic oxidation sites excluding steroid dienone is 1. The molecule has 2 aromatic rings. The molecule has 3 nitrogen and oxygen atoms in total. The lowest BCUT2D eigenvalue weighted by molar-refractivity contribution is 0.104. The minimum atomic E-state index is -0.0330. The molecule has 1 aromatic carbocycles. The van der Waals surface area contributed by atoms with E-state index in [4.69, 9.17) is 0 Å². The normalized spacial score (nSPS) is 10.9. The van der Waals surface area contributed by atoms with Gasteiger partial charge in [0.15, 0.2) is 10.9 Å². The highest BCUT2D eigenvalue weighted by Gasteiger charge is 2.02. The molecule has 0 N–H and O–H groups in total. The molecule has 0 atom stereocenters. The Hall–Kier alpha value is -1.46. The summed E-state index contributed by atoms with van der Waals surface area (Å²) in [6, 6.07) is 9.19. The Morgan fingerprint density at radius 1 is 1.15 bits per heavy atom. The van der Waals surface area contributed by atoms with Crippen molar-refractivity contribution in [1.29, 1.82) is 0 Å². The molecule has 0 amide bonds. The van der Waals surface area contributed by atoms with Crippen LogP contribution in [0.15, 0.2) is 51.4 Å². The zero-order valence-electron chi connectivity index (χ0n) is 11.1. The molecular weight excluding hydrogens is 336 g/mol. The van der Waals surface area contributed by atoms with Crippen molar-refractivity contribution < 1.29 is 4.79 Å². The number of rotatable bonds is 4. The summed E-state index contributed by atoms with van der Waals surface area (Å²) in [7, 11) is 0. The maximum atomic E-state index is 11.9. The first-order chi connectivity index (χ1) is 9.54. The molecule has 0 radical (unpaired) electrons. The van der Waals surface area contributed by atoms with Gasteiger partial charge in [0, 0.05) is 21.4 Å². The Bertz CT molecular complexity index is 633. The molecule has 1 aromatic heterocycles. The lowest BCUT2D eigenvalue weighted by Gasteiger charge is -1.99. The molecular formula is C15H13BrN2OS. The van der Waals surface area contributed by atoms with Gasteiger partial charge < -0.3 is 0 Å². The summed E-state index contributed by atoms with van der Waals surface area (Å²) in [5, 5.41) is 2.38. The first kappa shape index (κ1) is 14.9. The molecule has 102 valence electrons. The van der Waals surface area contributed by atoms with E-state index in [1.807, 2.05) is 32.0 Å². The monoisotopic (exact) mass is 348 g/mol. The minimum Gasteiger partial charge on any atom is -0.289 e. The van der Waals surface area contributed by atoms with E-state index in [1.165, 1.54) is 17.8 Å². The smallest absolute Gasteiger partial charge is 0.192 e. The fourth-order valence-electron chi connectivity index (χ4n) is 1.61. The number of nitrogens with zero attached hydrogens (tertiary/aromatic N) is 2. The number of carbonyl (C=O) groups is 1. The standard InChI is InChI=1S/C15H13BrN2OS/c1-10-9-11(2)18-15(17-10)20-8-7-14(19)12-3-5-13(16)6-4-12/h3-9H,1-2H3. The number of aryl methyl sites for hydroxylation is 2. The van der Waals surface area contributed by atoms with Gasteiger partial charge in [0.2, 0.25) is 0 Å². The Kier molecular flexibility index (Phi) is 5.09. The van der Waals surface area contributed by atoms with Crippen molar-refractivity contribution in [3.05, 3.63) is 63.2 Å². The Morgan fingerprint density at radius 2 is 1.75 bits per heavy atom. The van der Waals surface area contributed by atoms with Crippen molar-refractivity contribution in [2.45, 2.75) is 19.0 Å². The van der Waals surface area contributed by atoms with Crippen molar-refractivity contribution in [1.82, 2.24) is 9.97 Å². The zero-order chi connectivity index (χ0) is 14.5. The molecule has 1 heterocycles. The molecule has 0 spiro atoms. The van der Waals surface area contributed by atoms with E-state index in [9.17, 15) is 4.79 Å². The second kappa shape index (κ2) is 6.81. The van der Waals surface area contributed by atoms with Gasteiger partial charge in [-0.15, -0.1) is 0 Å². The van der Waals surface area contributed by atoms with E-state index in [0.29, 0.717) is 10.7 Å². The van der Waals surface area contributed by atoms with Crippen LogP contribution in [0.1, 0.15) is 21.7 Å². The molecule has 2 rings (SSSR count). The summed E-state index contributed by atoms with van der Waals surface area (Å²) in [5.74, 6) is -0.0330. The van der Waals surface area contributed by atoms with Gasteiger partial charge in [-0.3, -0.25) is 4.79 Å². The Balaban J connectivity index is 2.02. The SMILES string of the molecule is Cc1cc(C)nc(SC=CC(=O)c2ccc(Br)cc2)n1. The van der Waals surface area contributed by atoms with Gasteiger partial charge in [-0.2, -0.15) is 0 Å². The zero-order valence-corrected chi connectivity index (χ0v) is 13.5. The highest BCUT2D eigenvalue weighted by Crippen LogP contribution is 2.16. The summed E-state index contributed by atoms with van der Waals surface area (Å²) >= 11 is 4.68. The molecule has 0 saturated heterocycles. The van der Waals surface area contributed by atoms with Gasteiger partial charge in [-0.1, -0.05) is 27.7 Å². The van der Waals surface area contributed by atoms with Crippen LogP contribution in [0.3, 0.4) is 0 Å². The molecule has 0 bridgehead atoms. The molecule has 0 aliphatic carbocycles. The molecule has 5 heteroatoms. The predicted molar refractivity (Wildman–Crippen MR) is 85.0 cm³/mol. The average molecular weight is 349 g/mol.